The lowest BCUT2D eigenvalue weighted by molar-refractivity contribution is 0.669. The molecular weight excluding hydrogens is 562 g/mol. The summed E-state index contributed by atoms with van der Waals surface area (Å²) in [6, 6.07) is 52.9. The maximum atomic E-state index is 6.42. The molecule has 0 aliphatic heterocycles. The normalized spacial score (nSPS) is 11.9. The summed E-state index contributed by atoms with van der Waals surface area (Å²) >= 11 is 0. The zero-order chi connectivity index (χ0) is 30.2. The summed E-state index contributed by atoms with van der Waals surface area (Å²) in [6.07, 6.45) is 0. The van der Waals surface area contributed by atoms with Gasteiger partial charge in [-0.05, 0) is 52.2 Å². The van der Waals surface area contributed by atoms with Crippen LogP contribution in [0.4, 0.5) is 0 Å². The molecule has 46 heavy (non-hydrogen) atoms. The number of benzene rings is 7. The van der Waals surface area contributed by atoms with Gasteiger partial charge in [-0.3, -0.25) is 4.57 Å². The summed E-state index contributed by atoms with van der Waals surface area (Å²) in [4.78, 5) is 10.6. The number of para-hydroxylation sites is 2. The molecule has 0 saturated carbocycles. The van der Waals surface area contributed by atoms with Gasteiger partial charge in [0.05, 0.1) is 22.2 Å². The SMILES string of the molecule is c1ccc(-c2nc(-n3c4cc(-c5ccccc5)c5ccccc5c4c4c5c(ccc43)oc3ccccc35)nc3ccccc23)cc1. The molecule has 0 N–H and O–H groups in total. The highest BCUT2D eigenvalue weighted by atomic mass is 16.3. The molecule has 10 aromatic rings. The molecule has 0 amide bonds. The van der Waals surface area contributed by atoms with Crippen LogP contribution in [0.25, 0.3) is 93.8 Å². The highest BCUT2D eigenvalue weighted by Crippen LogP contribution is 2.45. The van der Waals surface area contributed by atoms with Crippen LogP contribution in [0, 0.1) is 0 Å². The summed E-state index contributed by atoms with van der Waals surface area (Å²) < 4.78 is 8.68. The molecule has 0 saturated heterocycles. The fourth-order valence-electron chi connectivity index (χ4n) is 7.23. The van der Waals surface area contributed by atoms with Crippen molar-refractivity contribution in [1.29, 1.82) is 0 Å². The summed E-state index contributed by atoms with van der Waals surface area (Å²) in [5.74, 6) is 0.638. The van der Waals surface area contributed by atoms with Crippen molar-refractivity contribution >= 4 is 65.4 Å². The smallest absolute Gasteiger partial charge is 0.235 e. The van der Waals surface area contributed by atoms with Crippen molar-refractivity contribution in [3.63, 3.8) is 0 Å². The Labute approximate surface area is 263 Å². The molecule has 0 unspecified atom stereocenters. The van der Waals surface area contributed by atoms with E-state index in [2.05, 4.69) is 132 Å². The molecule has 3 heterocycles. The maximum Gasteiger partial charge on any atom is 0.235 e. The number of rotatable bonds is 3. The lowest BCUT2D eigenvalue weighted by Crippen LogP contribution is -2.03. The molecule has 0 aliphatic rings. The third kappa shape index (κ3) is 3.55. The lowest BCUT2D eigenvalue weighted by atomic mass is 9.94. The van der Waals surface area contributed by atoms with Gasteiger partial charge in [0, 0.05) is 32.5 Å². The molecule has 0 spiro atoms. The monoisotopic (exact) mass is 587 g/mol. The van der Waals surface area contributed by atoms with Crippen molar-refractivity contribution in [1.82, 2.24) is 14.5 Å². The van der Waals surface area contributed by atoms with Gasteiger partial charge in [-0.1, -0.05) is 121 Å². The summed E-state index contributed by atoms with van der Waals surface area (Å²) in [5.41, 5.74) is 9.05. The predicted octanol–water partition coefficient (Wildman–Crippen LogP) is 11.1. The first kappa shape index (κ1) is 25.1. The van der Waals surface area contributed by atoms with Crippen LogP contribution in [0.5, 0.6) is 0 Å². The fourth-order valence-corrected chi connectivity index (χ4v) is 7.23. The van der Waals surface area contributed by atoms with E-state index >= 15 is 0 Å². The van der Waals surface area contributed by atoms with Crippen LogP contribution in [0.3, 0.4) is 0 Å². The molecule has 4 nitrogen and oxygen atoms in total. The Morgan fingerprint density at radius 1 is 0.435 bits per heavy atom. The minimum Gasteiger partial charge on any atom is -0.456 e. The van der Waals surface area contributed by atoms with Gasteiger partial charge in [0.2, 0.25) is 5.95 Å². The van der Waals surface area contributed by atoms with E-state index in [1.54, 1.807) is 0 Å². The highest BCUT2D eigenvalue weighted by molar-refractivity contribution is 6.33. The Morgan fingerprint density at radius 3 is 1.89 bits per heavy atom. The number of fused-ring (bicyclic) bond motifs is 10. The molecule has 0 radical (unpaired) electrons. The van der Waals surface area contributed by atoms with E-state index in [4.69, 9.17) is 14.4 Å². The number of hydrogen-bond donors (Lipinski definition) is 0. The summed E-state index contributed by atoms with van der Waals surface area (Å²) in [7, 11) is 0. The number of nitrogens with zero attached hydrogens (tertiary/aromatic N) is 3. The number of aromatic nitrogens is 3. The minimum atomic E-state index is 0.638. The van der Waals surface area contributed by atoms with E-state index in [1.165, 1.54) is 27.3 Å². The zero-order valence-electron chi connectivity index (χ0n) is 24.7. The molecule has 0 aliphatic carbocycles. The van der Waals surface area contributed by atoms with Crippen LogP contribution in [0.2, 0.25) is 0 Å². The van der Waals surface area contributed by atoms with Gasteiger partial charge < -0.3 is 4.42 Å². The third-order valence-corrected chi connectivity index (χ3v) is 9.20. The standard InChI is InChI=1S/C42H25N3O/c1-3-13-26(14-4-1)32-25-35-38(29-18-8-7-17-28(29)32)40-34(23-24-37-39(40)31-20-10-12-22-36(31)46-37)45(35)42-43-33-21-11-9-19-30(33)41(44-42)27-15-5-2-6-16-27/h1-25H. The molecule has 214 valence electrons. The van der Waals surface area contributed by atoms with Gasteiger partial charge in [0.15, 0.2) is 0 Å². The van der Waals surface area contributed by atoms with Gasteiger partial charge in [-0.2, -0.15) is 0 Å². The Hall–Kier alpha value is -6.26. The molecule has 0 bridgehead atoms. The summed E-state index contributed by atoms with van der Waals surface area (Å²) in [5, 5.41) is 7.93. The Bertz CT molecular complexity index is 2790. The van der Waals surface area contributed by atoms with E-state index in [0.29, 0.717) is 5.95 Å². The second-order valence-electron chi connectivity index (χ2n) is 11.8. The first-order valence-corrected chi connectivity index (χ1v) is 15.5. The topological polar surface area (TPSA) is 43.9 Å². The van der Waals surface area contributed by atoms with Gasteiger partial charge in [0.1, 0.15) is 11.2 Å². The lowest BCUT2D eigenvalue weighted by Gasteiger charge is -2.13. The number of hydrogen-bond acceptors (Lipinski definition) is 3. The quantitative estimate of drug-likeness (QED) is 0.207. The van der Waals surface area contributed by atoms with Gasteiger partial charge in [0.25, 0.3) is 0 Å². The van der Waals surface area contributed by atoms with Crippen molar-refractivity contribution in [3.8, 4) is 28.3 Å². The highest BCUT2D eigenvalue weighted by Gasteiger charge is 2.24. The Kier molecular flexibility index (Phi) is 5.25. The van der Waals surface area contributed by atoms with E-state index in [-0.39, 0.29) is 0 Å². The summed E-state index contributed by atoms with van der Waals surface area (Å²) in [6.45, 7) is 0. The van der Waals surface area contributed by atoms with Gasteiger partial charge >= 0.3 is 0 Å². The molecular formula is C42H25N3O. The van der Waals surface area contributed by atoms with Crippen LogP contribution in [-0.2, 0) is 0 Å². The second-order valence-corrected chi connectivity index (χ2v) is 11.8. The molecule has 3 aromatic heterocycles. The molecule has 0 fully saturated rings. The minimum absolute atomic E-state index is 0.638. The molecule has 4 heteroatoms. The van der Waals surface area contributed by atoms with E-state index < -0.39 is 0 Å². The van der Waals surface area contributed by atoms with Crippen LogP contribution in [-0.4, -0.2) is 14.5 Å². The largest absolute Gasteiger partial charge is 0.456 e. The predicted molar refractivity (Wildman–Crippen MR) is 190 cm³/mol. The Morgan fingerprint density at radius 2 is 1.09 bits per heavy atom. The Balaban J connectivity index is 1.44. The van der Waals surface area contributed by atoms with Crippen molar-refractivity contribution in [2.24, 2.45) is 0 Å². The van der Waals surface area contributed by atoms with Crippen LogP contribution in [0.15, 0.2) is 156 Å². The van der Waals surface area contributed by atoms with E-state index in [9.17, 15) is 0 Å². The van der Waals surface area contributed by atoms with Gasteiger partial charge in [-0.25, -0.2) is 9.97 Å². The first-order valence-electron chi connectivity index (χ1n) is 15.5. The average molecular weight is 588 g/mol. The van der Waals surface area contributed by atoms with Crippen LogP contribution in [0.1, 0.15) is 0 Å². The molecule has 10 rings (SSSR count). The molecule has 0 atom stereocenters. The third-order valence-electron chi connectivity index (χ3n) is 9.20. The van der Waals surface area contributed by atoms with Crippen molar-refractivity contribution < 1.29 is 4.42 Å². The van der Waals surface area contributed by atoms with E-state index in [1.807, 2.05) is 24.3 Å². The second kappa shape index (κ2) is 9.62. The van der Waals surface area contributed by atoms with E-state index in [0.717, 1.165) is 60.5 Å². The first-order chi connectivity index (χ1) is 22.8. The molecule has 7 aromatic carbocycles. The van der Waals surface area contributed by atoms with Crippen molar-refractivity contribution in [2.45, 2.75) is 0 Å². The average Bonchev–Trinajstić information content (AvgIpc) is 3.67. The fraction of sp³-hybridized carbons (Fsp3) is 0. The van der Waals surface area contributed by atoms with Crippen molar-refractivity contribution in [2.75, 3.05) is 0 Å². The number of furan rings is 1. The van der Waals surface area contributed by atoms with Crippen LogP contribution < -0.4 is 0 Å². The zero-order valence-corrected chi connectivity index (χ0v) is 24.7. The van der Waals surface area contributed by atoms with Gasteiger partial charge in [-0.15, -0.1) is 0 Å². The van der Waals surface area contributed by atoms with Crippen LogP contribution >= 0.6 is 0 Å². The van der Waals surface area contributed by atoms with Crippen molar-refractivity contribution in [3.05, 3.63) is 152 Å². The maximum absolute atomic E-state index is 6.42.